The molecule has 2 rings (SSSR count). The molecule has 1 aliphatic rings. The second-order valence-electron chi connectivity index (χ2n) is 6.05. The molecule has 4 heteroatoms. The third kappa shape index (κ3) is 4.30. The highest BCUT2D eigenvalue weighted by atomic mass is 16.7. The van der Waals surface area contributed by atoms with Crippen molar-refractivity contribution in [2.75, 3.05) is 13.3 Å². The molecule has 1 aromatic carbocycles. The molecule has 20 heavy (non-hydrogen) atoms. The third-order valence-corrected chi connectivity index (χ3v) is 3.00. The Morgan fingerprint density at radius 2 is 2.05 bits per heavy atom. The molecule has 0 aliphatic carbocycles. The maximum Gasteiger partial charge on any atom is 0.243 e. The van der Waals surface area contributed by atoms with E-state index in [1.807, 2.05) is 18.2 Å². The lowest BCUT2D eigenvalue weighted by atomic mass is 9.92. The van der Waals surface area contributed by atoms with Crippen LogP contribution in [0.3, 0.4) is 0 Å². The van der Waals surface area contributed by atoms with Gasteiger partial charge < -0.3 is 14.8 Å². The molecule has 0 atom stereocenters. The van der Waals surface area contributed by atoms with Gasteiger partial charge in [-0.2, -0.15) is 0 Å². The normalized spacial score (nSPS) is 13.8. The summed E-state index contributed by atoms with van der Waals surface area (Å²) in [6, 6.07) is 5.60. The Morgan fingerprint density at radius 3 is 2.80 bits per heavy atom. The van der Waals surface area contributed by atoms with Crippen molar-refractivity contribution in [3.8, 4) is 11.5 Å². The lowest BCUT2D eigenvalue weighted by Gasteiger charge is -2.17. The second kappa shape index (κ2) is 5.99. The summed E-state index contributed by atoms with van der Waals surface area (Å²) in [6.45, 7) is 7.41. The largest absolute Gasteiger partial charge is 0.454 e. The molecule has 4 nitrogen and oxygen atoms in total. The number of ether oxygens (including phenoxy) is 2. The van der Waals surface area contributed by atoms with Crippen LogP contribution >= 0.6 is 0 Å². The lowest BCUT2D eigenvalue weighted by Crippen LogP contribution is -2.25. The van der Waals surface area contributed by atoms with Gasteiger partial charge in [-0.1, -0.05) is 26.8 Å². The molecule has 1 heterocycles. The van der Waals surface area contributed by atoms with Crippen LogP contribution in [0.15, 0.2) is 24.3 Å². The average molecular weight is 275 g/mol. The van der Waals surface area contributed by atoms with Crippen molar-refractivity contribution in [3.05, 3.63) is 29.8 Å². The maximum absolute atomic E-state index is 11.7. The van der Waals surface area contributed by atoms with Crippen LogP contribution in [0, 0.1) is 5.41 Å². The van der Waals surface area contributed by atoms with Crippen LogP contribution in [-0.4, -0.2) is 19.2 Å². The minimum atomic E-state index is -0.0769. The maximum atomic E-state index is 11.7. The number of benzene rings is 1. The average Bonchev–Trinajstić information content (AvgIpc) is 2.82. The molecule has 0 unspecified atom stereocenters. The van der Waals surface area contributed by atoms with E-state index in [-0.39, 0.29) is 18.1 Å². The van der Waals surface area contributed by atoms with Gasteiger partial charge in [-0.3, -0.25) is 4.79 Å². The molecule has 108 valence electrons. The van der Waals surface area contributed by atoms with Gasteiger partial charge in [0.2, 0.25) is 12.7 Å². The van der Waals surface area contributed by atoms with Gasteiger partial charge in [0, 0.05) is 12.6 Å². The Hall–Kier alpha value is -1.97. The van der Waals surface area contributed by atoms with Crippen LogP contribution in [0.1, 0.15) is 32.8 Å². The SMILES string of the molecule is CC(C)(C)CCNC(=O)/C=C/c1ccc2c(c1)OCO2. The monoisotopic (exact) mass is 275 g/mol. The predicted molar refractivity (Wildman–Crippen MR) is 78.7 cm³/mol. The fourth-order valence-corrected chi connectivity index (χ4v) is 1.81. The first kappa shape index (κ1) is 14.4. The Bertz CT molecular complexity index is 515. The fourth-order valence-electron chi connectivity index (χ4n) is 1.81. The second-order valence-corrected chi connectivity index (χ2v) is 6.05. The van der Waals surface area contributed by atoms with Gasteiger partial charge in [0.25, 0.3) is 0 Å². The van der Waals surface area contributed by atoms with E-state index < -0.39 is 0 Å². The summed E-state index contributed by atoms with van der Waals surface area (Å²) in [5.74, 6) is 1.39. The Morgan fingerprint density at radius 1 is 1.30 bits per heavy atom. The zero-order chi connectivity index (χ0) is 14.6. The standard InChI is InChI=1S/C16H21NO3/c1-16(2,3)8-9-17-15(18)7-5-12-4-6-13-14(10-12)20-11-19-13/h4-7,10H,8-9,11H2,1-3H3,(H,17,18)/b7-5+. The van der Waals surface area contributed by atoms with E-state index in [9.17, 15) is 4.79 Å². The molecule has 0 bridgehead atoms. The summed E-state index contributed by atoms with van der Waals surface area (Å²) in [5, 5.41) is 2.88. The van der Waals surface area contributed by atoms with Gasteiger partial charge in [-0.15, -0.1) is 0 Å². The smallest absolute Gasteiger partial charge is 0.243 e. The summed E-state index contributed by atoms with van der Waals surface area (Å²) < 4.78 is 10.5. The molecule has 0 aromatic heterocycles. The van der Waals surface area contributed by atoms with Crippen LogP contribution in [0.4, 0.5) is 0 Å². The van der Waals surface area contributed by atoms with Crippen molar-refractivity contribution in [1.29, 1.82) is 0 Å². The van der Waals surface area contributed by atoms with E-state index in [1.165, 1.54) is 0 Å². The van der Waals surface area contributed by atoms with Crippen molar-refractivity contribution >= 4 is 12.0 Å². The topological polar surface area (TPSA) is 47.6 Å². The van der Waals surface area contributed by atoms with Gasteiger partial charge in [-0.05, 0) is 35.6 Å². The van der Waals surface area contributed by atoms with E-state index >= 15 is 0 Å². The number of hydrogen-bond acceptors (Lipinski definition) is 3. The highest BCUT2D eigenvalue weighted by Crippen LogP contribution is 2.32. The van der Waals surface area contributed by atoms with Crippen LogP contribution in [0.2, 0.25) is 0 Å². The number of carbonyl (C=O) groups is 1. The first-order valence-corrected chi connectivity index (χ1v) is 6.80. The van der Waals surface area contributed by atoms with Crippen molar-refractivity contribution in [2.45, 2.75) is 27.2 Å². The zero-order valence-electron chi connectivity index (χ0n) is 12.2. The first-order valence-electron chi connectivity index (χ1n) is 6.80. The van der Waals surface area contributed by atoms with E-state index in [0.717, 1.165) is 23.5 Å². The molecule has 1 N–H and O–H groups in total. The van der Waals surface area contributed by atoms with Crippen LogP contribution in [0.25, 0.3) is 6.08 Å². The summed E-state index contributed by atoms with van der Waals surface area (Å²) >= 11 is 0. The van der Waals surface area contributed by atoms with E-state index in [1.54, 1.807) is 12.2 Å². The Labute approximate surface area is 119 Å². The molecule has 1 amide bonds. The molecule has 0 radical (unpaired) electrons. The van der Waals surface area contributed by atoms with E-state index in [0.29, 0.717) is 6.54 Å². The number of rotatable bonds is 4. The van der Waals surface area contributed by atoms with Crippen molar-refractivity contribution in [3.63, 3.8) is 0 Å². The molecule has 0 saturated carbocycles. The molecular weight excluding hydrogens is 254 g/mol. The lowest BCUT2D eigenvalue weighted by molar-refractivity contribution is -0.116. The van der Waals surface area contributed by atoms with E-state index in [4.69, 9.17) is 9.47 Å². The number of hydrogen-bond donors (Lipinski definition) is 1. The molecule has 1 aromatic rings. The highest BCUT2D eigenvalue weighted by Gasteiger charge is 2.12. The van der Waals surface area contributed by atoms with Gasteiger partial charge in [-0.25, -0.2) is 0 Å². The molecule has 0 spiro atoms. The van der Waals surface area contributed by atoms with Crippen LogP contribution < -0.4 is 14.8 Å². The minimum absolute atomic E-state index is 0.0769. The number of carbonyl (C=O) groups excluding carboxylic acids is 1. The number of nitrogens with one attached hydrogen (secondary N) is 1. The van der Waals surface area contributed by atoms with Gasteiger partial charge >= 0.3 is 0 Å². The van der Waals surface area contributed by atoms with Crippen molar-refractivity contribution in [2.24, 2.45) is 5.41 Å². The minimum Gasteiger partial charge on any atom is -0.454 e. The Kier molecular flexibility index (Phi) is 4.32. The van der Waals surface area contributed by atoms with Gasteiger partial charge in [0.1, 0.15) is 0 Å². The number of amides is 1. The van der Waals surface area contributed by atoms with Crippen molar-refractivity contribution in [1.82, 2.24) is 5.32 Å². The first-order chi connectivity index (χ1) is 9.44. The summed E-state index contributed by atoms with van der Waals surface area (Å²) in [4.78, 5) is 11.7. The predicted octanol–water partition coefficient (Wildman–Crippen LogP) is 2.98. The summed E-state index contributed by atoms with van der Waals surface area (Å²) in [7, 11) is 0. The van der Waals surface area contributed by atoms with Gasteiger partial charge in [0.05, 0.1) is 0 Å². The van der Waals surface area contributed by atoms with Gasteiger partial charge in [0.15, 0.2) is 11.5 Å². The fraction of sp³-hybridized carbons (Fsp3) is 0.438. The Balaban J connectivity index is 1.85. The summed E-state index contributed by atoms with van der Waals surface area (Å²) in [6.07, 6.45) is 4.27. The molecule has 0 fully saturated rings. The van der Waals surface area contributed by atoms with Crippen LogP contribution in [0.5, 0.6) is 11.5 Å². The number of fused-ring (bicyclic) bond motifs is 1. The van der Waals surface area contributed by atoms with Crippen molar-refractivity contribution < 1.29 is 14.3 Å². The molecule has 0 saturated heterocycles. The highest BCUT2D eigenvalue weighted by molar-refractivity contribution is 5.91. The van der Waals surface area contributed by atoms with E-state index in [2.05, 4.69) is 26.1 Å². The summed E-state index contributed by atoms with van der Waals surface area (Å²) in [5.41, 5.74) is 1.15. The molecule has 1 aliphatic heterocycles. The van der Waals surface area contributed by atoms with Crippen LogP contribution in [-0.2, 0) is 4.79 Å². The zero-order valence-corrected chi connectivity index (χ0v) is 12.2. The quantitative estimate of drug-likeness (QED) is 0.859. The molecular formula is C16H21NO3. The third-order valence-electron chi connectivity index (χ3n) is 3.00.